The van der Waals surface area contributed by atoms with Gasteiger partial charge in [-0.15, -0.1) is 0 Å². The first-order valence-corrected chi connectivity index (χ1v) is 11.8. The number of methoxy groups -OCH3 is 1. The van der Waals surface area contributed by atoms with E-state index < -0.39 is 5.91 Å². The number of halogens is 3. The first-order valence-electron chi connectivity index (χ1n) is 10.2. The van der Waals surface area contributed by atoms with E-state index in [0.29, 0.717) is 31.6 Å². The summed E-state index contributed by atoms with van der Waals surface area (Å²) in [7, 11) is 1.51. The third-order valence-electron chi connectivity index (χ3n) is 4.99. The molecule has 1 atom stereocenters. The van der Waals surface area contributed by atoms with Crippen LogP contribution in [0.1, 0.15) is 29.7 Å². The Balaban J connectivity index is 1.80. The Labute approximate surface area is 217 Å². The molecule has 0 saturated carbocycles. The summed E-state index contributed by atoms with van der Waals surface area (Å²) in [6.45, 7) is 2.07. The predicted molar refractivity (Wildman–Crippen MR) is 138 cm³/mol. The van der Waals surface area contributed by atoms with Crippen LogP contribution in [0.4, 0.5) is 0 Å². The Morgan fingerprint density at radius 1 is 1.15 bits per heavy atom. The van der Waals surface area contributed by atoms with Gasteiger partial charge in [0.1, 0.15) is 18.2 Å². The molecule has 34 heavy (non-hydrogen) atoms. The van der Waals surface area contributed by atoms with E-state index in [1.807, 2.05) is 43.3 Å². The summed E-state index contributed by atoms with van der Waals surface area (Å²) >= 11 is 15.7. The Bertz CT molecular complexity index is 1260. The second-order valence-electron chi connectivity index (χ2n) is 7.32. The second-order valence-corrected chi connectivity index (χ2v) is 9.02. The van der Waals surface area contributed by atoms with E-state index in [0.717, 1.165) is 11.1 Å². The van der Waals surface area contributed by atoms with Gasteiger partial charge in [-0.25, -0.2) is 0 Å². The summed E-state index contributed by atoms with van der Waals surface area (Å²) in [5.74, 6) is 0.440. The molecular weight excluding hydrogens is 539 g/mol. The molecule has 0 fully saturated rings. The number of carbonyl (C=O) groups excluding carboxylic acids is 1. The molecule has 1 N–H and O–H groups in total. The maximum absolute atomic E-state index is 12.7. The lowest BCUT2D eigenvalue weighted by Gasteiger charge is -2.15. The summed E-state index contributed by atoms with van der Waals surface area (Å²) in [5, 5.41) is 13.5. The van der Waals surface area contributed by atoms with E-state index >= 15 is 0 Å². The quantitative estimate of drug-likeness (QED) is 0.235. The van der Waals surface area contributed by atoms with Crippen molar-refractivity contribution in [1.29, 1.82) is 5.26 Å². The van der Waals surface area contributed by atoms with Crippen molar-refractivity contribution in [3.05, 3.63) is 97.4 Å². The van der Waals surface area contributed by atoms with Gasteiger partial charge in [-0.3, -0.25) is 4.79 Å². The fraction of sp³-hybridized carbons (Fsp3) is 0.154. The number of carbonyl (C=O) groups is 1. The highest BCUT2D eigenvalue weighted by molar-refractivity contribution is 9.10. The first-order chi connectivity index (χ1) is 16.3. The lowest BCUT2D eigenvalue weighted by Crippen LogP contribution is -2.27. The highest BCUT2D eigenvalue weighted by Crippen LogP contribution is 2.35. The summed E-state index contributed by atoms with van der Waals surface area (Å²) < 4.78 is 12.0. The molecule has 0 bridgehead atoms. The molecule has 0 saturated heterocycles. The van der Waals surface area contributed by atoms with Crippen LogP contribution in [-0.4, -0.2) is 13.0 Å². The number of hydrogen-bond acceptors (Lipinski definition) is 4. The molecular formula is C26H21BrCl2N2O3. The van der Waals surface area contributed by atoms with Crippen LogP contribution in [0.15, 0.2) is 70.7 Å². The van der Waals surface area contributed by atoms with Gasteiger partial charge in [0.05, 0.1) is 13.2 Å². The Morgan fingerprint density at radius 2 is 1.88 bits per heavy atom. The molecule has 3 aromatic rings. The second kappa shape index (κ2) is 11.9. The summed E-state index contributed by atoms with van der Waals surface area (Å²) in [4.78, 5) is 12.7. The summed E-state index contributed by atoms with van der Waals surface area (Å²) in [6.07, 6.45) is 1.50. The zero-order chi connectivity index (χ0) is 24.7. The topological polar surface area (TPSA) is 71.3 Å². The van der Waals surface area contributed by atoms with Gasteiger partial charge in [0.15, 0.2) is 11.5 Å². The Kier molecular flexibility index (Phi) is 9.00. The maximum Gasteiger partial charge on any atom is 0.262 e. The number of ether oxygens (including phenoxy) is 2. The lowest BCUT2D eigenvalue weighted by atomic mass is 10.1. The van der Waals surface area contributed by atoms with E-state index in [1.165, 1.54) is 13.2 Å². The van der Waals surface area contributed by atoms with Crippen LogP contribution in [0.2, 0.25) is 10.0 Å². The highest BCUT2D eigenvalue weighted by Gasteiger charge is 2.16. The van der Waals surface area contributed by atoms with Crippen LogP contribution in [0.3, 0.4) is 0 Å². The molecule has 0 aromatic heterocycles. The van der Waals surface area contributed by atoms with Crippen molar-refractivity contribution in [2.45, 2.75) is 19.6 Å². The van der Waals surface area contributed by atoms with E-state index in [-0.39, 0.29) is 18.2 Å². The summed E-state index contributed by atoms with van der Waals surface area (Å²) in [6, 6.07) is 19.8. The number of nitrogens with zero attached hydrogens (tertiary/aromatic N) is 1. The SMILES string of the molecule is COc1cc(/C=C(/C#N)C(=O)N[C@@H](C)c2ccccc2)c(Br)cc1OCc1ccc(Cl)cc1Cl. The van der Waals surface area contributed by atoms with Gasteiger partial charge in [0.2, 0.25) is 0 Å². The van der Waals surface area contributed by atoms with Gasteiger partial charge >= 0.3 is 0 Å². The molecule has 0 unspecified atom stereocenters. The van der Waals surface area contributed by atoms with E-state index in [2.05, 4.69) is 21.2 Å². The van der Waals surface area contributed by atoms with E-state index in [4.69, 9.17) is 32.7 Å². The lowest BCUT2D eigenvalue weighted by molar-refractivity contribution is -0.117. The van der Waals surface area contributed by atoms with Crippen molar-refractivity contribution in [2.24, 2.45) is 0 Å². The van der Waals surface area contributed by atoms with Gasteiger partial charge in [0, 0.05) is 20.1 Å². The fourth-order valence-corrected chi connectivity index (χ4v) is 4.03. The van der Waals surface area contributed by atoms with E-state index in [1.54, 1.807) is 30.3 Å². The Hall–Kier alpha value is -2.98. The molecule has 0 aliphatic rings. The van der Waals surface area contributed by atoms with Gasteiger partial charge < -0.3 is 14.8 Å². The van der Waals surface area contributed by atoms with Crippen molar-refractivity contribution < 1.29 is 14.3 Å². The molecule has 3 aromatic carbocycles. The normalized spacial score (nSPS) is 11.9. The molecule has 0 aliphatic heterocycles. The van der Waals surface area contributed by atoms with Crippen molar-refractivity contribution in [2.75, 3.05) is 7.11 Å². The van der Waals surface area contributed by atoms with Crippen LogP contribution in [0, 0.1) is 11.3 Å². The number of nitrogens with one attached hydrogen (secondary N) is 1. The standard InChI is InChI=1S/C26H21BrCl2N2O3/c1-16(17-6-4-3-5-7-17)31-26(32)20(14-30)10-19-11-24(33-2)25(13-22(19)27)34-15-18-8-9-21(28)12-23(18)29/h3-13,16H,15H2,1-2H3,(H,31,32)/b20-10-/t16-/m0/s1. The molecule has 0 radical (unpaired) electrons. The van der Waals surface area contributed by atoms with Crippen molar-refractivity contribution in [3.8, 4) is 17.6 Å². The smallest absolute Gasteiger partial charge is 0.262 e. The molecule has 3 rings (SSSR count). The third-order valence-corrected chi connectivity index (χ3v) is 6.27. The zero-order valence-corrected chi connectivity index (χ0v) is 21.5. The minimum absolute atomic E-state index is 0.0350. The van der Waals surface area contributed by atoms with E-state index in [9.17, 15) is 10.1 Å². The first kappa shape index (κ1) is 25.6. The molecule has 1 amide bonds. The fourth-order valence-electron chi connectivity index (χ4n) is 3.13. The van der Waals surface area contributed by atoms with Gasteiger partial charge in [0.25, 0.3) is 5.91 Å². The van der Waals surface area contributed by atoms with Gasteiger partial charge in [-0.05, 0) is 48.4 Å². The number of nitriles is 1. The molecule has 5 nitrogen and oxygen atoms in total. The maximum atomic E-state index is 12.7. The molecule has 0 heterocycles. The van der Waals surface area contributed by atoms with Crippen LogP contribution in [0.5, 0.6) is 11.5 Å². The largest absolute Gasteiger partial charge is 0.493 e. The minimum Gasteiger partial charge on any atom is -0.493 e. The Morgan fingerprint density at radius 3 is 2.53 bits per heavy atom. The van der Waals surface area contributed by atoms with Crippen molar-refractivity contribution >= 4 is 51.1 Å². The van der Waals surface area contributed by atoms with Gasteiger partial charge in [-0.2, -0.15) is 5.26 Å². The van der Waals surface area contributed by atoms with Crippen LogP contribution >= 0.6 is 39.1 Å². The van der Waals surface area contributed by atoms with Gasteiger partial charge in [-0.1, -0.05) is 75.5 Å². The highest BCUT2D eigenvalue weighted by atomic mass is 79.9. The van der Waals surface area contributed by atoms with Crippen LogP contribution < -0.4 is 14.8 Å². The molecule has 0 spiro atoms. The average molecular weight is 560 g/mol. The predicted octanol–water partition coefficient (Wildman–Crippen LogP) is 7.13. The number of rotatable bonds is 8. The zero-order valence-electron chi connectivity index (χ0n) is 18.4. The minimum atomic E-state index is -0.470. The third kappa shape index (κ3) is 6.54. The van der Waals surface area contributed by atoms with Crippen molar-refractivity contribution in [1.82, 2.24) is 5.32 Å². The number of amides is 1. The van der Waals surface area contributed by atoms with Crippen molar-refractivity contribution in [3.63, 3.8) is 0 Å². The number of benzene rings is 3. The van der Waals surface area contributed by atoms with Crippen LogP contribution in [-0.2, 0) is 11.4 Å². The van der Waals surface area contributed by atoms with Crippen LogP contribution in [0.25, 0.3) is 6.08 Å². The summed E-state index contributed by atoms with van der Waals surface area (Å²) in [5.41, 5.74) is 2.27. The molecule has 8 heteroatoms. The molecule has 174 valence electrons. The average Bonchev–Trinajstić information content (AvgIpc) is 2.83. The number of hydrogen-bond donors (Lipinski definition) is 1. The molecule has 0 aliphatic carbocycles. The monoisotopic (exact) mass is 558 g/mol.